The van der Waals surface area contributed by atoms with Gasteiger partial charge in [-0.25, -0.2) is 0 Å². The molecule has 0 fully saturated rings. The van der Waals surface area contributed by atoms with Crippen molar-refractivity contribution in [3.05, 3.63) is 39.6 Å². The largest absolute Gasteiger partial charge is 0.368 e. The summed E-state index contributed by atoms with van der Waals surface area (Å²) in [6.45, 7) is 2.65. The van der Waals surface area contributed by atoms with E-state index in [-0.39, 0.29) is 12.0 Å². The Balaban J connectivity index is 2.20. The van der Waals surface area contributed by atoms with Crippen molar-refractivity contribution in [2.45, 2.75) is 19.5 Å². The lowest BCUT2D eigenvalue weighted by Gasteiger charge is -2.24. The van der Waals surface area contributed by atoms with Gasteiger partial charge in [-0.1, -0.05) is 29.3 Å². The van der Waals surface area contributed by atoms with Gasteiger partial charge in [0.2, 0.25) is 11.9 Å². The maximum atomic E-state index is 6.24. The Kier molecular flexibility index (Phi) is 5.62. The highest BCUT2D eigenvalue weighted by Gasteiger charge is 2.18. The number of halogens is 2. The summed E-state index contributed by atoms with van der Waals surface area (Å²) in [7, 11) is 5.70. The Bertz CT molecular complexity index is 692. The van der Waals surface area contributed by atoms with Crippen molar-refractivity contribution < 1.29 is 0 Å². The second kappa shape index (κ2) is 7.29. The molecule has 0 aliphatic carbocycles. The van der Waals surface area contributed by atoms with Crippen LogP contribution in [0.5, 0.6) is 0 Å². The molecule has 0 saturated carbocycles. The number of hydrogen-bond acceptors (Lipinski definition) is 6. The van der Waals surface area contributed by atoms with Gasteiger partial charge in [-0.05, 0) is 31.7 Å². The Morgan fingerprint density at radius 2 is 1.83 bits per heavy atom. The van der Waals surface area contributed by atoms with Crippen LogP contribution in [0.15, 0.2) is 18.2 Å². The van der Waals surface area contributed by atoms with Crippen molar-refractivity contribution in [2.75, 3.05) is 31.8 Å². The summed E-state index contributed by atoms with van der Waals surface area (Å²) in [5, 5.41) is 1.26. The molecule has 2 rings (SSSR count). The molecule has 8 heteroatoms. The number of rotatable bonds is 5. The molecule has 2 N–H and O–H groups in total. The molecule has 2 aromatic rings. The van der Waals surface area contributed by atoms with E-state index in [0.29, 0.717) is 28.4 Å². The van der Waals surface area contributed by atoms with E-state index in [1.807, 2.05) is 40.2 Å². The molecular formula is C15H20Cl2N6. The first-order valence-electron chi connectivity index (χ1n) is 7.11. The molecule has 0 aliphatic heterocycles. The molecule has 0 amide bonds. The minimum Gasteiger partial charge on any atom is -0.368 e. The average Bonchev–Trinajstić information content (AvgIpc) is 2.48. The van der Waals surface area contributed by atoms with Crippen LogP contribution < -0.4 is 10.6 Å². The van der Waals surface area contributed by atoms with Gasteiger partial charge >= 0.3 is 0 Å². The van der Waals surface area contributed by atoms with Crippen LogP contribution in [0.25, 0.3) is 0 Å². The number of hydrogen-bond donors (Lipinski definition) is 1. The van der Waals surface area contributed by atoms with E-state index in [1.54, 1.807) is 11.0 Å². The third-order valence-electron chi connectivity index (χ3n) is 3.53. The van der Waals surface area contributed by atoms with Gasteiger partial charge in [-0.15, -0.1) is 0 Å². The summed E-state index contributed by atoms with van der Waals surface area (Å²) in [4.78, 5) is 16.7. The molecular weight excluding hydrogens is 335 g/mol. The van der Waals surface area contributed by atoms with Gasteiger partial charge in [-0.3, -0.25) is 4.90 Å². The predicted octanol–water partition coefficient (Wildman–Crippen LogP) is 3.02. The average molecular weight is 355 g/mol. The van der Waals surface area contributed by atoms with Crippen LogP contribution in [0.3, 0.4) is 0 Å². The number of benzene rings is 1. The van der Waals surface area contributed by atoms with Crippen molar-refractivity contribution in [3.63, 3.8) is 0 Å². The van der Waals surface area contributed by atoms with Gasteiger partial charge in [0, 0.05) is 30.7 Å². The zero-order valence-corrected chi connectivity index (χ0v) is 15.1. The fourth-order valence-electron chi connectivity index (χ4n) is 2.04. The van der Waals surface area contributed by atoms with Gasteiger partial charge in [0.1, 0.15) is 0 Å². The molecule has 0 unspecified atom stereocenters. The smallest absolute Gasteiger partial charge is 0.229 e. The summed E-state index contributed by atoms with van der Waals surface area (Å²) < 4.78 is 0. The topological polar surface area (TPSA) is 71.2 Å². The van der Waals surface area contributed by atoms with Crippen LogP contribution in [-0.4, -0.2) is 41.0 Å². The van der Waals surface area contributed by atoms with Gasteiger partial charge in [0.15, 0.2) is 5.82 Å². The van der Waals surface area contributed by atoms with E-state index in [4.69, 9.17) is 28.9 Å². The number of aromatic nitrogens is 3. The summed E-state index contributed by atoms with van der Waals surface area (Å²) in [6.07, 6.45) is 0. The van der Waals surface area contributed by atoms with Crippen LogP contribution in [0.4, 0.5) is 11.9 Å². The van der Waals surface area contributed by atoms with E-state index in [2.05, 4.69) is 19.9 Å². The molecule has 23 heavy (non-hydrogen) atoms. The van der Waals surface area contributed by atoms with Gasteiger partial charge in [0.25, 0.3) is 0 Å². The normalized spacial score (nSPS) is 12.5. The van der Waals surface area contributed by atoms with E-state index >= 15 is 0 Å². The molecule has 124 valence electrons. The Hall–Kier alpha value is -1.63. The minimum absolute atomic E-state index is 0.0502. The standard InChI is InChI=1S/C15H20Cl2N6/c1-9(13-19-14(18)21-15(20-13)22(2)3)23(4)8-10-5-6-11(16)7-12(10)17/h5-7,9H,8H2,1-4H3,(H2,18,19,20,21)/t9-/m0/s1. The number of nitrogens with two attached hydrogens (primary N) is 1. The molecule has 1 aromatic carbocycles. The SMILES string of the molecule is C[C@@H](c1nc(N)nc(N(C)C)n1)N(C)Cc1ccc(Cl)cc1Cl. The van der Waals surface area contributed by atoms with Crippen molar-refractivity contribution in [1.29, 1.82) is 0 Å². The van der Waals surface area contributed by atoms with Crippen molar-refractivity contribution in [1.82, 2.24) is 19.9 Å². The number of nitrogens with zero attached hydrogens (tertiary/aromatic N) is 5. The van der Waals surface area contributed by atoms with Gasteiger partial charge < -0.3 is 10.6 Å². The molecule has 0 spiro atoms. The van der Waals surface area contributed by atoms with E-state index in [1.165, 1.54) is 0 Å². The second-order valence-electron chi connectivity index (χ2n) is 5.57. The van der Waals surface area contributed by atoms with Gasteiger partial charge in [-0.2, -0.15) is 15.0 Å². The lowest BCUT2D eigenvalue weighted by atomic mass is 10.2. The zero-order chi connectivity index (χ0) is 17.1. The maximum Gasteiger partial charge on any atom is 0.229 e. The van der Waals surface area contributed by atoms with Crippen molar-refractivity contribution in [3.8, 4) is 0 Å². The number of nitrogen functional groups attached to an aromatic ring is 1. The number of anilines is 2. The Morgan fingerprint density at radius 3 is 2.43 bits per heavy atom. The fourth-order valence-corrected chi connectivity index (χ4v) is 2.51. The highest BCUT2D eigenvalue weighted by molar-refractivity contribution is 6.35. The summed E-state index contributed by atoms with van der Waals surface area (Å²) in [5.41, 5.74) is 6.77. The van der Waals surface area contributed by atoms with Crippen LogP contribution in [0.1, 0.15) is 24.4 Å². The molecule has 0 aliphatic rings. The third kappa shape index (κ3) is 4.43. The Labute approximate surface area is 146 Å². The molecule has 1 aromatic heterocycles. The van der Waals surface area contributed by atoms with Crippen molar-refractivity contribution >= 4 is 35.1 Å². The van der Waals surface area contributed by atoms with Crippen molar-refractivity contribution in [2.24, 2.45) is 0 Å². The summed E-state index contributed by atoms with van der Waals surface area (Å²) in [6, 6.07) is 5.43. The molecule has 1 atom stereocenters. The third-order valence-corrected chi connectivity index (χ3v) is 4.11. The lowest BCUT2D eigenvalue weighted by Crippen LogP contribution is -2.25. The highest BCUT2D eigenvalue weighted by atomic mass is 35.5. The quantitative estimate of drug-likeness (QED) is 0.889. The molecule has 0 bridgehead atoms. The highest BCUT2D eigenvalue weighted by Crippen LogP contribution is 2.25. The molecule has 0 saturated heterocycles. The first-order chi connectivity index (χ1) is 10.8. The second-order valence-corrected chi connectivity index (χ2v) is 6.42. The minimum atomic E-state index is -0.0502. The molecule has 6 nitrogen and oxygen atoms in total. The Morgan fingerprint density at radius 1 is 1.13 bits per heavy atom. The first-order valence-corrected chi connectivity index (χ1v) is 7.86. The van der Waals surface area contributed by atoms with Gasteiger partial charge in [0.05, 0.1) is 6.04 Å². The van der Waals surface area contributed by atoms with E-state index in [0.717, 1.165) is 5.56 Å². The van der Waals surface area contributed by atoms with Crippen LogP contribution in [0.2, 0.25) is 10.0 Å². The van der Waals surface area contributed by atoms with E-state index < -0.39 is 0 Å². The fraction of sp³-hybridized carbons (Fsp3) is 0.400. The summed E-state index contributed by atoms with van der Waals surface area (Å²) >= 11 is 12.2. The van der Waals surface area contributed by atoms with Crippen LogP contribution >= 0.6 is 23.2 Å². The zero-order valence-electron chi connectivity index (χ0n) is 13.6. The van der Waals surface area contributed by atoms with E-state index in [9.17, 15) is 0 Å². The predicted molar refractivity (Wildman–Crippen MR) is 94.9 cm³/mol. The lowest BCUT2D eigenvalue weighted by molar-refractivity contribution is 0.243. The molecule has 1 heterocycles. The van der Waals surface area contributed by atoms with Crippen LogP contribution in [-0.2, 0) is 6.54 Å². The first kappa shape index (κ1) is 17.7. The maximum absolute atomic E-state index is 6.24. The molecule has 0 radical (unpaired) electrons. The summed E-state index contributed by atoms with van der Waals surface area (Å²) in [5.74, 6) is 1.37. The monoisotopic (exact) mass is 354 g/mol. The van der Waals surface area contributed by atoms with Crippen LogP contribution in [0, 0.1) is 0 Å².